The van der Waals surface area contributed by atoms with Gasteiger partial charge in [0.2, 0.25) is 5.91 Å². The summed E-state index contributed by atoms with van der Waals surface area (Å²) in [6.07, 6.45) is 1.91. The second-order valence-electron chi connectivity index (χ2n) is 5.82. The number of furan rings is 1. The number of anilines is 1. The number of rotatable bonds is 5. The molecule has 2 amide bonds. The summed E-state index contributed by atoms with van der Waals surface area (Å²) in [7, 11) is 3.11. The van der Waals surface area contributed by atoms with E-state index in [1.54, 1.807) is 50.3 Å². The van der Waals surface area contributed by atoms with Crippen molar-refractivity contribution in [2.45, 2.75) is 19.4 Å². The van der Waals surface area contributed by atoms with Crippen LogP contribution in [0.1, 0.15) is 22.5 Å². The lowest BCUT2D eigenvalue weighted by molar-refractivity contribution is -0.118. The smallest absolute Gasteiger partial charge is 0.255 e. The van der Waals surface area contributed by atoms with E-state index < -0.39 is 6.04 Å². The first kappa shape index (κ1) is 16.9. The Bertz CT molecular complexity index is 776. The molecule has 1 N–H and O–H groups in total. The summed E-state index contributed by atoms with van der Waals surface area (Å²) in [6, 6.07) is 6.35. The van der Waals surface area contributed by atoms with Crippen LogP contribution in [0, 0.1) is 6.92 Å². The number of ether oxygens (including phenoxy) is 2. The number of nitrogens with one attached hydrogen (secondary N) is 1. The van der Waals surface area contributed by atoms with Crippen molar-refractivity contribution in [1.29, 1.82) is 0 Å². The molecule has 1 atom stereocenters. The van der Waals surface area contributed by atoms with Crippen molar-refractivity contribution in [2.24, 2.45) is 0 Å². The first-order valence-electron chi connectivity index (χ1n) is 7.92. The fraction of sp³-hybridized carbons (Fsp3) is 0.333. The minimum absolute atomic E-state index is 0.163. The molecule has 1 aliphatic rings. The first-order valence-corrected chi connectivity index (χ1v) is 7.92. The van der Waals surface area contributed by atoms with Crippen LogP contribution >= 0.6 is 0 Å². The Morgan fingerprint density at radius 1 is 1.20 bits per heavy atom. The van der Waals surface area contributed by atoms with Crippen molar-refractivity contribution >= 4 is 17.5 Å². The summed E-state index contributed by atoms with van der Waals surface area (Å²) >= 11 is 0. The van der Waals surface area contributed by atoms with Gasteiger partial charge < -0.3 is 24.1 Å². The molecule has 0 bridgehead atoms. The monoisotopic (exact) mass is 344 g/mol. The quantitative estimate of drug-likeness (QED) is 0.899. The van der Waals surface area contributed by atoms with Gasteiger partial charge in [-0.3, -0.25) is 9.59 Å². The van der Waals surface area contributed by atoms with Gasteiger partial charge in [0.25, 0.3) is 5.91 Å². The van der Waals surface area contributed by atoms with E-state index in [0.29, 0.717) is 41.5 Å². The maximum Gasteiger partial charge on any atom is 0.255 e. The standard InChI is InChI=1S/C18H20N2O5/c1-11-6-12(10-25-11)17(21)19-16-4-5-20(18(16)22)13-7-14(23-2)9-15(8-13)24-3/h6-10,16H,4-5H2,1-3H3,(H,19,21). The summed E-state index contributed by atoms with van der Waals surface area (Å²) in [5.41, 5.74) is 1.09. The lowest BCUT2D eigenvalue weighted by Gasteiger charge is -2.19. The van der Waals surface area contributed by atoms with Gasteiger partial charge in [-0.1, -0.05) is 0 Å². The third kappa shape index (κ3) is 3.45. The predicted molar refractivity (Wildman–Crippen MR) is 91.2 cm³/mol. The average Bonchev–Trinajstić information content (AvgIpc) is 3.21. The maximum atomic E-state index is 12.7. The van der Waals surface area contributed by atoms with E-state index in [1.165, 1.54) is 6.26 Å². The zero-order valence-corrected chi connectivity index (χ0v) is 14.4. The molecule has 2 heterocycles. The van der Waals surface area contributed by atoms with E-state index in [2.05, 4.69) is 5.32 Å². The number of amides is 2. The number of benzene rings is 1. The molecule has 0 saturated carbocycles. The van der Waals surface area contributed by atoms with E-state index in [-0.39, 0.29) is 11.8 Å². The largest absolute Gasteiger partial charge is 0.497 e. The van der Waals surface area contributed by atoms with Crippen LogP contribution in [-0.2, 0) is 4.79 Å². The maximum absolute atomic E-state index is 12.7. The van der Waals surface area contributed by atoms with Crippen LogP contribution in [0.25, 0.3) is 0 Å². The van der Waals surface area contributed by atoms with Crippen LogP contribution in [0.4, 0.5) is 5.69 Å². The molecule has 25 heavy (non-hydrogen) atoms. The molecule has 1 saturated heterocycles. The van der Waals surface area contributed by atoms with Gasteiger partial charge in [0.05, 0.1) is 25.5 Å². The first-order chi connectivity index (χ1) is 12.0. The molecule has 1 aliphatic heterocycles. The normalized spacial score (nSPS) is 16.8. The molecule has 0 aliphatic carbocycles. The average molecular weight is 344 g/mol. The molecule has 7 heteroatoms. The van der Waals surface area contributed by atoms with E-state index in [1.807, 2.05) is 0 Å². The molecule has 1 unspecified atom stereocenters. The van der Waals surface area contributed by atoms with Gasteiger partial charge in [0.15, 0.2) is 0 Å². The van der Waals surface area contributed by atoms with E-state index >= 15 is 0 Å². The Balaban J connectivity index is 1.74. The highest BCUT2D eigenvalue weighted by Gasteiger charge is 2.34. The van der Waals surface area contributed by atoms with E-state index in [9.17, 15) is 9.59 Å². The van der Waals surface area contributed by atoms with Gasteiger partial charge in [-0.05, 0) is 19.4 Å². The fourth-order valence-corrected chi connectivity index (χ4v) is 2.82. The van der Waals surface area contributed by atoms with Crippen molar-refractivity contribution in [1.82, 2.24) is 5.32 Å². The van der Waals surface area contributed by atoms with Crippen LogP contribution in [0.15, 0.2) is 34.9 Å². The van der Waals surface area contributed by atoms with Crippen LogP contribution in [0.3, 0.4) is 0 Å². The number of hydrogen-bond acceptors (Lipinski definition) is 5. The second-order valence-corrected chi connectivity index (χ2v) is 5.82. The lowest BCUT2D eigenvalue weighted by Crippen LogP contribution is -2.41. The molecule has 2 aromatic rings. The van der Waals surface area contributed by atoms with Gasteiger partial charge in [-0.25, -0.2) is 0 Å². The molecule has 0 spiro atoms. The third-order valence-corrected chi connectivity index (χ3v) is 4.15. The van der Waals surface area contributed by atoms with Gasteiger partial charge in [-0.15, -0.1) is 0 Å². The molecule has 1 aromatic carbocycles. The van der Waals surface area contributed by atoms with Crippen molar-refractivity contribution in [2.75, 3.05) is 25.7 Å². The summed E-state index contributed by atoms with van der Waals surface area (Å²) < 4.78 is 15.6. The molecular weight excluding hydrogens is 324 g/mol. The number of carbonyl (C=O) groups excluding carboxylic acids is 2. The fourth-order valence-electron chi connectivity index (χ4n) is 2.82. The Hall–Kier alpha value is -2.96. The van der Waals surface area contributed by atoms with Crippen LogP contribution in [0.5, 0.6) is 11.5 Å². The molecule has 1 fully saturated rings. The Kier molecular flexibility index (Phi) is 4.65. The number of carbonyl (C=O) groups is 2. The molecule has 7 nitrogen and oxygen atoms in total. The Morgan fingerprint density at radius 2 is 1.88 bits per heavy atom. The minimum Gasteiger partial charge on any atom is -0.497 e. The number of aryl methyl sites for hydroxylation is 1. The number of nitrogens with zero attached hydrogens (tertiary/aromatic N) is 1. The van der Waals surface area contributed by atoms with Gasteiger partial charge in [-0.2, -0.15) is 0 Å². The summed E-state index contributed by atoms with van der Waals surface area (Å²) in [4.78, 5) is 26.5. The highest BCUT2D eigenvalue weighted by Crippen LogP contribution is 2.31. The van der Waals surface area contributed by atoms with Crippen molar-refractivity contribution in [3.05, 3.63) is 41.9 Å². The summed E-state index contributed by atoms with van der Waals surface area (Å²) in [5, 5.41) is 2.76. The second kappa shape index (κ2) is 6.88. The van der Waals surface area contributed by atoms with Crippen molar-refractivity contribution < 1.29 is 23.5 Å². The molecule has 0 radical (unpaired) electrons. The molecular formula is C18H20N2O5. The highest BCUT2D eigenvalue weighted by atomic mass is 16.5. The van der Waals surface area contributed by atoms with Crippen LogP contribution in [-0.4, -0.2) is 38.6 Å². The zero-order valence-electron chi connectivity index (χ0n) is 14.4. The third-order valence-electron chi connectivity index (χ3n) is 4.15. The SMILES string of the molecule is COc1cc(OC)cc(N2CCC(NC(=O)c3coc(C)c3)C2=O)c1. The van der Waals surface area contributed by atoms with Crippen molar-refractivity contribution in [3.63, 3.8) is 0 Å². The summed E-state index contributed by atoms with van der Waals surface area (Å²) in [5.74, 6) is 1.36. The van der Waals surface area contributed by atoms with E-state index in [4.69, 9.17) is 13.9 Å². The zero-order chi connectivity index (χ0) is 18.0. The Labute approximate surface area is 145 Å². The van der Waals surface area contributed by atoms with Crippen LogP contribution in [0.2, 0.25) is 0 Å². The van der Waals surface area contributed by atoms with Gasteiger partial charge in [0, 0.05) is 24.7 Å². The number of hydrogen-bond donors (Lipinski definition) is 1. The lowest BCUT2D eigenvalue weighted by atomic mass is 10.2. The Morgan fingerprint density at radius 3 is 2.44 bits per heavy atom. The topological polar surface area (TPSA) is 81.0 Å². The van der Waals surface area contributed by atoms with Crippen LogP contribution < -0.4 is 19.7 Å². The minimum atomic E-state index is -0.570. The number of methoxy groups -OCH3 is 2. The predicted octanol–water partition coefficient (Wildman–Crippen LogP) is 2.14. The van der Waals surface area contributed by atoms with Gasteiger partial charge in [0.1, 0.15) is 29.6 Å². The van der Waals surface area contributed by atoms with Gasteiger partial charge >= 0.3 is 0 Å². The summed E-state index contributed by atoms with van der Waals surface area (Å²) in [6.45, 7) is 2.26. The highest BCUT2D eigenvalue weighted by molar-refractivity contribution is 6.04. The molecule has 3 rings (SSSR count). The van der Waals surface area contributed by atoms with Crippen molar-refractivity contribution in [3.8, 4) is 11.5 Å². The molecule has 1 aromatic heterocycles. The molecule has 132 valence electrons. The van der Waals surface area contributed by atoms with E-state index in [0.717, 1.165) is 0 Å².